The van der Waals surface area contributed by atoms with E-state index in [1.54, 1.807) is 0 Å². The van der Waals surface area contributed by atoms with E-state index in [1.165, 1.54) is 5.56 Å². The predicted octanol–water partition coefficient (Wildman–Crippen LogP) is 1.95. The number of nitrogens with two attached hydrogens (primary N) is 1. The lowest BCUT2D eigenvalue weighted by molar-refractivity contribution is -0.118. The van der Waals surface area contributed by atoms with Crippen LogP contribution >= 0.6 is 0 Å². The van der Waals surface area contributed by atoms with Gasteiger partial charge in [0.1, 0.15) is 5.60 Å². The topological polar surface area (TPSA) is 75.9 Å². The van der Waals surface area contributed by atoms with E-state index >= 15 is 0 Å². The molecule has 136 valence electrons. The predicted molar refractivity (Wildman–Crippen MR) is 95.1 cm³/mol. The van der Waals surface area contributed by atoms with Crippen LogP contribution in [0.5, 0.6) is 0 Å². The molecule has 0 bridgehead atoms. The first-order valence-corrected chi connectivity index (χ1v) is 9.01. The highest BCUT2D eigenvalue weighted by Gasteiger charge is 2.47. The summed E-state index contributed by atoms with van der Waals surface area (Å²) in [5.74, 6) is 0.00760. The molecule has 25 heavy (non-hydrogen) atoms. The zero-order chi connectivity index (χ0) is 17.9. The number of rotatable bonds is 6. The van der Waals surface area contributed by atoms with Crippen LogP contribution < -0.4 is 5.73 Å². The normalized spacial score (nSPS) is 21.3. The molecule has 0 aliphatic carbocycles. The first kappa shape index (κ1) is 17.7. The molecule has 2 heterocycles. The summed E-state index contributed by atoms with van der Waals surface area (Å²) in [6, 6.07) is 10.2. The van der Waals surface area contributed by atoms with Crippen molar-refractivity contribution in [1.29, 1.82) is 0 Å². The second-order valence-corrected chi connectivity index (χ2v) is 7.30. The molecule has 2 aliphatic heterocycles. The van der Waals surface area contributed by atoms with Gasteiger partial charge in [-0.15, -0.1) is 0 Å². The fourth-order valence-corrected chi connectivity index (χ4v) is 3.76. The monoisotopic (exact) mass is 345 g/mol. The second kappa shape index (κ2) is 7.44. The third-order valence-corrected chi connectivity index (χ3v) is 5.35. The molecule has 6 heteroatoms. The van der Waals surface area contributed by atoms with Crippen LogP contribution in [0.1, 0.15) is 37.7 Å². The standard InChI is InChI=1S/C19H27N3O3/c1-15(16-5-3-2-4-6-16)13-22-14-19(25-18(22)24)8-11-21(12-9-19)10-7-17(20)23/h2-6,15H,7-14H2,1H3,(H2,20,23)/t15-/m1/s1. The van der Waals surface area contributed by atoms with Gasteiger partial charge >= 0.3 is 6.09 Å². The molecule has 2 aliphatic rings. The third kappa shape index (κ3) is 4.31. The molecule has 0 saturated carbocycles. The number of benzene rings is 1. The van der Waals surface area contributed by atoms with Crippen molar-refractivity contribution in [1.82, 2.24) is 9.80 Å². The number of carbonyl (C=O) groups excluding carboxylic acids is 2. The largest absolute Gasteiger partial charge is 0.441 e. The van der Waals surface area contributed by atoms with E-state index in [1.807, 2.05) is 23.1 Å². The van der Waals surface area contributed by atoms with Crippen LogP contribution in [-0.4, -0.2) is 60.1 Å². The summed E-state index contributed by atoms with van der Waals surface area (Å²) in [6.45, 7) is 5.84. The van der Waals surface area contributed by atoms with Gasteiger partial charge in [-0.1, -0.05) is 37.3 Å². The van der Waals surface area contributed by atoms with Crippen LogP contribution in [0.3, 0.4) is 0 Å². The summed E-state index contributed by atoms with van der Waals surface area (Å²) in [6.07, 6.45) is 1.81. The van der Waals surface area contributed by atoms with E-state index in [2.05, 4.69) is 24.0 Å². The van der Waals surface area contributed by atoms with E-state index in [-0.39, 0.29) is 23.5 Å². The summed E-state index contributed by atoms with van der Waals surface area (Å²) in [5, 5.41) is 0. The van der Waals surface area contributed by atoms with Gasteiger partial charge in [0.05, 0.1) is 6.54 Å². The Kier molecular flexibility index (Phi) is 5.27. The Labute approximate surface area is 148 Å². The summed E-state index contributed by atoms with van der Waals surface area (Å²) in [4.78, 5) is 27.3. The number of nitrogens with zero attached hydrogens (tertiary/aromatic N) is 2. The SMILES string of the molecule is C[C@H](CN1CC2(CCN(CCC(N)=O)CC2)OC1=O)c1ccccc1. The van der Waals surface area contributed by atoms with Gasteiger partial charge in [0.15, 0.2) is 0 Å². The summed E-state index contributed by atoms with van der Waals surface area (Å²) in [7, 11) is 0. The van der Waals surface area contributed by atoms with Crippen molar-refractivity contribution in [3.8, 4) is 0 Å². The maximum Gasteiger partial charge on any atom is 0.410 e. The first-order valence-electron chi connectivity index (χ1n) is 9.01. The Hall–Kier alpha value is -2.08. The second-order valence-electron chi connectivity index (χ2n) is 7.30. The van der Waals surface area contributed by atoms with Gasteiger partial charge in [0, 0.05) is 45.4 Å². The van der Waals surface area contributed by atoms with Crippen LogP contribution in [0.2, 0.25) is 0 Å². The number of primary amides is 1. The molecule has 0 aromatic heterocycles. The van der Waals surface area contributed by atoms with Crippen LogP contribution in [0, 0.1) is 0 Å². The number of amides is 2. The van der Waals surface area contributed by atoms with E-state index in [0.29, 0.717) is 26.1 Å². The molecule has 1 atom stereocenters. The molecular formula is C19H27N3O3. The van der Waals surface area contributed by atoms with Crippen molar-refractivity contribution in [2.24, 2.45) is 5.73 Å². The van der Waals surface area contributed by atoms with Gasteiger partial charge in [0.25, 0.3) is 0 Å². The maximum atomic E-state index is 12.3. The van der Waals surface area contributed by atoms with Crippen molar-refractivity contribution in [2.75, 3.05) is 32.7 Å². The number of hydrogen-bond donors (Lipinski definition) is 1. The molecule has 1 aromatic rings. The Bertz CT molecular complexity index is 612. The quantitative estimate of drug-likeness (QED) is 0.855. The van der Waals surface area contributed by atoms with Crippen LogP contribution in [0.15, 0.2) is 30.3 Å². The van der Waals surface area contributed by atoms with Gasteiger partial charge in [-0.2, -0.15) is 0 Å². The van der Waals surface area contributed by atoms with Gasteiger partial charge < -0.3 is 20.3 Å². The lowest BCUT2D eigenvalue weighted by Crippen LogP contribution is -2.47. The van der Waals surface area contributed by atoms with Crippen molar-refractivity contribution in [3.63, 3.8) is 0 Å². The Morgan fingerprint density at radius 3 is 2.60 bits per heavy atom. The Balaban J connectivity index is 1.53. The van der Waals surface area contributed by atoms with E-state index in [9.17, 15) is 9.59 Å². The number of hydrogen-bond acceptors (Lipinski definition) is 4. The van der Waals surface area contributed by atoms with E-state index in [4.69, 9.17) is 10.5 Å². The van der Waals surface area contributed by atoms with Gasteiger partial charge in [-0.25, -0.2) is 4.79 Å². The number of ether oxygens (including phenoxy) is 1. The minimum atomic E-state index is -0.364. The highest BCUT2D eigenvalue weighted by atomic mass is 16.6. The van der Waals surface area contributed by atoms with Crippen molar-refractivity contribution >= 4 is 12.0 Å². The Morgan fingerprint density at radius 2 is 1.96 bits per heavy atom. The van der Waals surface area contributed by atoms with Crippen LogP contribution in [0.25, 0.3) is 0 Å². The molecule has 1 spiro atoms. The lowest BCUT2D eigenvalue weighted by atomic mass is 9.91. The average Bonchev–Trinajstić information content (AvgIpc) is 2.90. The molecule has 0 unspecified atom stereocenters. The summed E-state index contributed by atoms with van der Waals surface area (Å²) >= 11 is 0. The minimum Gasteiger partial charge on any atom is -0.441 e. The van der Waals surface area contributed by atoms with Gasteiger partial charge in [-0.05, 0) is 11.5 Å². The molecule has 2 saturated heterocycles. The van der Waals surface area contributed by atoms with Crippen molar-refractivity contribution in [3.05, 3.63) is 35.9 Å². The lowest BCUT2D eigenvalue weighted by Gasteiger charge is -2.37. The Morgan fingerprint density at radius 1 is 1.28 bits per heavy atom. The average molecular weight is 345 g/mol. The highest BCUT2D eigenvalue weighted by molar-refractivity contribution is 5.73. The number of carbonyl (C=O) groups is 2. The molecule has 3 rings (SSSR count). The van der Waals surface area contributed by atoms with E-state index < -0.39 is 0 Å². The number of piperidine rings is 1. The maximum absolute atomic E-state index is 12.3. The molecule has 2 N–H and O–H groups in total. The van der Waals surface area contributed by atoms with E-state index in [0.717, 1.165) is 25.9 Å². The van der Waals surface area contributed by atoms with Crippen LogP contribution in [0.4, 0.5) is 4.79 Å². The van der Waals surface area contributed by atoms with Gasteiger partial charge in [-0.3, -0.25) is 4.79 Å². The van der Waals surface area contributed by atoms with Crippen molar-refractivity contribution < 1.29 is 14.3 Å². The minimum absolute atomic E-state index is 0.201. The van der Waals surface area contributed by atoms with Crippen LogP contribution in [-0.2, 0) is 9.53 Å². The molecule has 0 radical (unpaired) electrons. The molecule has 6 nitrogen and oxygen atoms in total. The molecule has 1 aromatic carbocycles. The first-order chi connectivity index (χ1) is 12.0. The number of likely N-dealkylation sites (tertiary alicyclic amines) is 1. The summed E-state index contributed by atoms with van der Waals surface area (Å²) in [5.41, 5.74) is 6.08. The molecule has 2 amide bonds. The summed E-state index contributed by atoms with van der Waals surface area (Å²) < 4.78 is 5.78. The zero-order valence-corrected chi connectivity index (χ0v) is 14.8. The smallest absolute Gasteiger partial charge is 0.410 e. The third-order valence-electron chi connectivity index (χ3n) is 5.35. The zero-order valence-electron chi connectivity index (χ0n) is 14.8. The molecular weight excluding hydrogens is 318 g/mol. The van der Waals surface area contributed by atoms with Gasteiger partial charge in [0.2, 0.25) is 5.91 Å². The molecule has 2 fully saturated rings. The van der Waals surface area contributed by atoms with Crippen molar-refractivity contribution in [2.45, 2.75) is 37.7 Å². The fourth-order valence-electron chi connectivity index (χ4n) is 3.76. The highest BCUT2D eigenvalue weighted by Crippen LogP contribution is 2.34. The fraction of sp³-hybridized carbons (Fsp3) is 0.579.